The van der Waals surface area contributed by atoms with Gasteiger partial charge in [-0.3, -0.25) is 4.79 Å². The Labute approximate surface area is 115 Å². The molecule has 18 heavy (non-hydrogen) atoms. The summed E-state index contributed by atoms with van der Waals surface area (Å²) in [6.07, 6.45) is 3.74. The number of hydrogen-bond donors (Lipinski definition) is 2. The zero-order valence-electron chi connectivity index (χ0n) is 10.2. The average molecular weight is 309 g/mol. The number of amides is 1. The van der Waals surface area contributed by atoms with Crippen molar-refractivity contribution in [2.75, 3.05) is 11.9 Å². The fourth-order valence-corrected chi connectivity index (χ4v) is 3.66. The molecule has 1 aromatic rings. The highest BCUT2D eigenvalue weighted by molar-refractivity contribution is 9.10. The first kappa shape index (κ1) is 12.2. The molecule has 2 N–H and O–H groups in total. The number of benzene rings is 1. The number of hydrogen-bond acceptors (Lipinski definition) is 2. The fraction of sp³-hybridized carbons (Fsp3) is 0.500. The van der Waals surface area contributed by atoms with Crippen molar-refractivity contribution in [3.63, 3.8) is 0 Å². The maximum atomic E-state index is 12.3. The molecule has 3 nitrogen and oxygen atoms in total. The Kier molecular flexibility index (Phi) is 3.39. The maximum Gasteiger partial charge on any atom is 0.241 e. The molecule has 1 aromatic carbocycles. The van der Waals surface area contributed by atoms with Crippen LogP contribution in [0.1, 0.15) is 19.3 Å². The zero-order chi connectivity index (χ0) is 12.5. The molecule has 1 aliphatic carbocycles. The largest absolute Gasteiger partial charge is 0.325 e. The third-order valence-corrected chi connectivity index (χ3v) is 4.61. The van der Waals surface area contributed by atoms with Gasteiger partial charge in [-0.15, -0.1) is 0 Å². The van der Waals surface area contributed by atoms with Gasteiger partial charge >= 0.3 is 0 Å². The lowest BCUT2D eigenvalue weighted by Gasteiger charge is -2.17. The predicted octanol–water partition coefficient (Wildman–Crippen LogP) is 2.78. The van der Waals surface area contributed by atoms with Gasteiger partial charge in [-0.1, -0.05) is 28.4 Å². The summed E-state index contributed by atoms with van der Waals surface area (Å²) >= 11 is 3.41. The van der Waals surface area contributed by atoms with E-state index in [0.29, 0.717) is 11.8 Å². The molecule has 96 valence electrons. The van der Waals surface area contributed by atoms with Crippen molar-refractivity contribution in [1.82, 2.24) is 5.32 Å². The van der Waals surface area contributed by atoms with Gasteiger partial charge in [-0.05, 0) is 49.4 Å². The van der Waals surface area contributed by atoms with E-state index in [2.05, 4.69) is 26.6 Å². The standard InChI is InChI=1S/C14H17BrN2O/c15-10-4-2-5-11(7-10)17-14(18)13-12-6-1-3-9(12)8-16-13/h2,4-5,7,9,12-13,16H,1,3,6,8H2,(H,17,18). The molecular formula is C14H17BrN2O. The molecule has 3 atom stereocenters. The van der Waals surface area contributed by atoms with Crippen LogP contribution in [-0.2, 0) is 4.79 Å². The lowest BCUT2D eigenvalue weighted by molar-refractivity contribution is -0.118. The molecule has 1 heterocycles. The van der Waals surface area contributed by atoms with E-state index in [1.807, 2.05) is 24.3 Å². The number of carbonyl (C=O) groups is 1. The van der Waals surface area contributed by atoms with Gasteiger partial charge < -0.3 is 10.6 Å². The first-order valence-corrected chi connectivity index (χ1v) is 7.33. The summed E-state index contributed by atoms with van der Waals surface area (Å²) in [7, 11) is 0. The van der Waals surface area contributed by atoms with Crippen molar-refractivity contribution in [3.05, 3.63) is 28.7 Å². The molecule has 0 bridgehead atoms. The summed E-state index contributed by atoms with van der Waals surface area (Å²) in [6.45, 7) is 1.00. The Morgan fingerprint density at radius 3 is 3.11 bits per heavy atom. The van der Waals surface area contributed by atoms with Crippen molar-refractivity contribution in [2.24, 2.45) is 11.8 Å². The molecule has 0 radical (unpaired) electrons. The number of halogens is 1. The monoisotopic (exact) mass is 308 g/mol. The highest BCUT2D eigenvalue weighted by atomic mass is 79.9. The fourth-order valence-electron chi connectivity index (χ4n) is 3.26. The Bertz CT molecular complexity index is 463. The van der Waals surface area contributed by atoms with Gasteiger partial charge in [0, 0.05) is 10.2 Å². The first-order valence-electron chi connectivity index (χ1n) is 6.54. The lowest BCUT2D eigenvalue weighted by Crippen LogP contribution is -2.39. The third kappa shape index (κ3) is 2.31. The molecule has 1 amide bonds. The van der Waals surface area contributed by atoms with Crippen molar-refractivity contribution in [1.29, 1.82) is 0 Å². The van der Waals surface area contributed by atoms with Crippen molar-refractivity contribution >= 4 is 27.5 Å². The van der Waals surface area contributed by atoms with Gasteiger partial charge in [-0.25, -0.2) is 0 Å². The number of anilines is 1. The van der Waals surface area contributed by atoms with Crippen LogP contribution >= 0.6 is 15.9 Å². The van der Waals surface area contributed by atoms with Gasteiger partial charge in [0.15, 0.2) is 0 Å². The number of fused-ring (bicyclic) bond motifs is 1. The average Bonchev–Trinajstić information content (AvgIpc) is 2.89. The quantitative estimate of drug-likeness (QED) is 0.882. The molecule has 4 heteroatoms. The van der Waals surface area contributed by atoms with E-state index in [4.69, 9.17) is 0 Å². The summed E-state index contributed by atoms with van der Waals surface area (Å²) in [5.41, 5.74) is 0.859. The molecule has 3 unspecified atom stereocenters. The topological polar surface area (TPSA) is 41.1 Å². The van der Waals surface area contributed by atoms with E-state index in [1.165, 1.54) is 19.3 Å². The van der Waals surface area contributed by atoms with Gasteiger partial charge in [0.05, 0.1) is 6.04 Å². The van der Waals surface area contributed by atoms with Gasteiger partial charge in [0.2, 0.25) is 5.91 Å². The van der Waals surface area contributed by atoms with E-state index in [9.17, 15) is 4.79 Å². The minimum absolute atomic E-state index is 0.00326. The number of nitrogens with one attached hydrogen (secondary N) is 2. The van der Waals surface area contributed by atoms with Crippen molar-refractivity contribution in [3.8, 4) is 0 Å². The van der Waals surface area contributed by atoms with Crippen LogP contribution in [0.3, 0.4) is 0 Å². The van der Waals surface area contributed by atoms with Crippen LogP contribution in [0, 0.1) is 11.8 Å². The summed E-state index contributed by atoms with van der Waals surface area (Å²) in [4.78, 5) is 12.3. The second-order valence-electron chi connectivity index (χ2n) is 5.24. The highest BCUT2D eigenvalue weighted by Gasteiger charge is 2.42. The molecule has 1 aliphatic heterocycles. The van der Waals surface area contributed by atoms with Gasteiger partial charge in [0.1, 0.15) is 0 Å². The van der Waals surface area contributed by atoms with Crippen LogP contribution in [0.2, 0.25) is 0 Å². The van der Waals surface area contributed by atoms with E-state index in [1.54, 1.807) is 0 Å². The zero-order valence-corrected chi connectivity index (χ0v) is 11.7. The Balaban J connectivity index is 1.68. The molecule has 2 fully saturated rings. The molecule has 1 saturated carbocycles. The Morgan fingerprint density at radius 2 is 2.28 bits per heavy atom. The van der Waals surface area contributed by atoms with Crippen LogP contribution in [0.25, 0.3) is 0 Å². The van der Waals surface area contributed by atoms with Crippen LogP contribution in [0.4, 0.5) is 5.69 Å². The van der Waals surface area contributed by atoms with Crippen LogP contribution in [0.15, 0.2) is 28.7 Å². The maximum absolute atomic E-state index is 12.3. The van der Waals surface area contributed by atoms with Gasteiger partial charge in [-0.2, -0.15) is 0 Å². The second-order valence-corrected chi connectivity index (χ2v) is 6.16. The predicted molar refractivity (Wildman–Crippen MR) is 75.4 cm³/mol. The van der Waals surface area contributed by atoms with Gasteiger partial charge in [0.25, 0.3) is 0 Å². The number of carbonyl (C=O) groups excluding carboxylic acids is 1. The highest BCUT2D eigenvalue weighted by Crippen LogP contribution is 2.38. The number of rotatable bonds is 2. The third-order valence-electron chi connectivity index (χ3n) is 4.12. The molecule has 0 aromatic heterocycles. The smallest absolute Gasteiger partial charge is 0.241 e. The van der Waals surface area contributed by atoms with E-state index < -0.39 is 0 Å². The molecular weight excluding hydrogens is 292 g/mol. The van der Waals surface area contributed by atoms with Crippen LogP contribution < -0.4 is 10.6 Å². The summed E-state index contributed by atoms with van der Waals surface area (Å²) < 4.78 is 0.985. The summed E-state index contributed by atoms with van der Waals surface area (Å²) in [5, 5.41) is 6.38. The van der Waals surface area contributed by atoms with Crippen molar-refractivity contribution in [2.45, 2.75) is 25.3 Å². The van der Waals surface area contributed by atoms with E-state index >= 15 is 0 Å². The summed E-state index contributed by atoms with van der Waals surface area (Å²) in [5.74, 6) is 1.36. The van der Waals surface area contributed by atoms with E-state index in [0.717, 1.165) is 16.7 Å². The lowest BCUT2D eigenvalue weighted by atomic mass is 9.93. The molecule has 3 rings (SSSR count). The molecule has 2 aliphatic rings. The normalized spacial score (nSPS) is 30.2. The van der Waals surface area contributed by atoms with Crippen molar-refractivity contribution < 1.29 is 4.79 Å². The first-order chi connectivity index (χ1) is 8.74. The van der Waals surface area contributed by atoms with Crippen LogP contribution in [0.5, 0.6) is 0 Å². The minimum atomic E-state index is -0.00326. The molecule has 1 saturated heterocycles. The minimum Gasteiger partial charge on any atom is -0.325 e. The second kappa shape index (κ2) is 5.02. The van der Waals surface area contributed by atoms with Crippen LogP contribution in [-0.4, -0.2) is 18.5 Å². The SMILES string of the molecule is O=C(Nc1cccc(Br)c1)C1NCC2CCCC21. The Morgan fingerprint density at radius 1 is 1.39 bits per heavy atom. The van der Waals surface area contributed by atoms with E-state index in [-0.39, 0.29) is 11.9 Å². The summed E-state index contributed by atoms with van der Waals surface area (Å²) in [6, 6.07) is 7.73. The molecule has 0 spiro atoms. The Hall–Kier alpha value is -0.870.